The monoisotopic (exact) mass is 366 g/mol. The van der Waals surface area contributed by atoms with Crippen molar-refractivity contribution in [3.8, 4) is 0 Å². The van der Waals surface area contributed by atoms with Crippen LogP contribution in [0.3, 0.4) is 0 Å². The first-order valence-electron chi connectivity index (χ1n) is 9.77. The van der Waals surface area contributed by atoms with Gasteiger partial charge in [0.1, 0.15) is 11.2 Å². The van der Waals surface area contributed by atoms with E-state index >= 15 is 0 Å². The molecule has 1 aliphatic heterocycles. The summed E-state index contributed by atoms with van der Waals surface area (Å²) in [4.78, 5) is 42.6. The fourth-order valence-corrected chi connectivity index (χ4v) is 4.93. The minimum Gasteiger partial charge on any atom is -0.368 e. The highest BCUT2D eigenvalue weighted by molar-refractivity contribution is 6.18. The lowest BCUT2D eigenvalue weighted by atomic mass is 9.66. The number of aryl methyl sites for hydroxylation is 1. The average Bonchev–Trinajstić information content (AvgIpc) is 2.93. The van der Waals surface area contributed by atoms with E-state index in [-0.39, 0.29) is 29.8 Å². The number of fused-ring (bicyclic) bond motifs is 1. The summed E-state index contributed by atoms with van der Waals surface area (Å²) >= 11 is 0. The van der Waals surface area contributed by atoms with Crippen LogP contribution in [0.4, 0.5) is 5.69 Å². The molecule has 1 aromatic carbocycles. The average molecular weight is 366 g/mol. The topological polar surface area (TPSA) is 57.7 Å². The number of piperazine rings is 1. The second-order valence-electron chi connectivity index (χ2n) is 8.17. The van der Waals surface area contributed by atoms with Crippen molar-refractivity contribution in [2.75, 3.05) is 31.1 Å². The zero-order valence-electron chi connectivity index (χ0n) is 15.9. The van der Waals surface area contributed by atoms with Gasteiger partial charge in [0, 0.05) is 44.7 Å². The van der Waals surface area contributed by atoms with Gasteiger partial charge in [0.05, 0.1) is 0 Å². The summed E-state index contributed by atoms with van der Waals surface area (Å²) in [5, 5.41) is 0. The number of hydrogen-bond donors (Lipinski definition) is 0. The molecular weight excluding hydrogens is 340 g/mol. The first kappa shape index (κ1) is 18.0. The van der Waals surface area contributed by atoms with Gasteiger partial charge >= 0.3 is 0 Å². The van der Waals surface area contributed by atoms with Crippen molar-refractivity contribution in [1.29, 1.82) is 0 Å². The lowest BCUT2D eigenvalue weighted by Crippen LogP contribution is -2.57. The summed E-state index contributed by atoms with van der Waals surface area (Å²) in [6.45, 7) is 8.57. The zero-order chi connectivity index (χ0) is 19.2. The van der Waals surface area contributed by atoms with Crippen LogP contribution in [0.1, 0.15) is 31.2 Å². The number of nitrogens with zero attached hydrogens (tertiary/aromatic N) is 2. The molecule has 3 aliphatic rings. The minimum atomic E-state index is -1.17. The number of amides is 1. The standard InChI is InChI=1S/C22H26N2O3/c1-15-3-6-18(7-4-15)23-9-11-24(12-10-23)21(27)22-14-19(25)8-5-17(22)13-16(2)20(22)26/h3-4,6-7,17H,2,5,8-14H2,1H3. The number of ketones is 2. The van der Waals surface area contributed by atoms with Gasteiger partial charge in [-0.1, -0.05) is 24.3 Å². The number of carbonyl (C=O) groups excluding carboxylic acids is 3. The van der Waals surface area contributed by atoms with Crippen LogP contribution in [0.2, 0.25) is 0 Å². The Morgan fingerprint density at radius 3 is 2.44 bits per heavy atom. The molecule has 5 heteroatoms. The fourth-order valence-electron chi connectivity index (χ4n) is 4.93. The van der Waals surface area contributed by atoms with E-state index < -0.39 is 5.41 Å². The van der Waals surface area contributed by atoms with Gasteiger partial charge in [0.25, 0.3) is 0 Å². The number of hydrogen-bond acceptors (Lipinski definition) is 4. The van der Waals surface area contributed by atoms with E-state index in [1.54, 1.807) is 4.90 Å². The molecule has 0 spiro atoms. The number of allylic oxidation sites excluding steroid dienone is 1. The van der Waals surface area contributed by atoms with E-state index in [0.29, 0.717) is 37.9 Å². The predicted octanol–water partition coefficient (Wildman–Crippen LogP) is 2.53. The molecule has 2 aliphatic carbocycles. The summed E-state index contributed by atoms with van der Waals surface area (Å²) in [6.07, 6.45) is 1.72. The van der Waals surface area contributed by atoms with Gasteiger partial charge in [0.15, 0.2) is 5.78 Å². The highest BCUT2D eigenvalue weighted by atomic mass is 16.2. The minimum absolute atomic E-state index is 0.0286. The molecule has 0 N–H and O–H groups in total. The molecule has 2 unspecified atom stereocenters. The van der Waals surface area contributed by atoms with Crippen molar-refractivity contribution in [3.63, 3.8) is 0 Å². The molecule has 0 aromatic heterocycles. The Hall–Kier alpha value is -2.43. The molecule has 0 bridgehead atoms. The molecule has 2 saturated carbocycles. The molecule has 27 heavy (non-hydrogen) atoms. The molecule has 1 amide bonds. The third-order valence-corrected chi connectivity index (χ3v) is 6.51. The van der Waals surface area contributed by atoms with Crippen molar-refractivity contribution >= 4 is 23.2 Å². The second-order valence-corrected chi connectivity index (χ2v) is 8.17. The number of Topliss-reactive ketones (excluding diaryl/α,β-unsaturated/α-hetero) is 2. The van der Waals surface area contributed by atoms with Crippen LogP contribution in [0.25, 0.3) is 0 Å². The van der Waals surface area contributed by atoms with Crippen LogP contribution in [-0.4, -0.2) is 48.6 Å². The summed E-state index contributed by atoms with van der Waals surface area (Å²) in [6, 6.07) is 8.39. The lowest BCUT2D eigenvalue weighted by Gasteiger charge is -2.43. The van der Waals surface area contributed by atoms with Crippen LogP contribution in [0.15, 0.2) is 36.4 Å². The smallest absolute Gasteiger partial charge is 0.237 e. The maximum absolute atomic E-state index is 13.4. The summed E-state index contributed by atoms with van der Waals surface area (Å²) in [7, 11) is 0. The van der Waals surface area contributed by atoms with Crippen LogP contribution in [0, 0.1) is 18.3 Å². The van der Waals surface area contributed by atoms with Crippen LogP contribution < -0.4 is 4.90 Å². The number of benzene rings is 1. The van der Waals surface area contributed by atoms with Crippen molar-refractivity contribution in [1.82, 2.24) is 4.90 Å². The Balaban J connectivity index is 1.51. The summed E-state index contributed by atoms with van der Waals surface area (Å²) < 4.78 is 0. The quantitative estimate of drug-likeness (QED) is 0.596. The largest absolute Gasteiger partial charge is 0.368 e. The maximum atomic E-state index is 13.4. The van der Waals surface area contributed by atoms with E-state index in [1.807, 2.05) is 0 Å². The van der Waals surface area contributed by atoms with Gasteiger partial charge < -0.3 is 9.80 Å². The molecule has 5 nitrogen and oxygen atoms in total. The summed E-state index contributed by atoms with van der Waals surface area (Å²) in [5.41, 5.74) is 1.72. The maximum Gasteiger partial charge on any atom is 0.237 e. The van der Waals surface area contributed by atoms with Crippen LogP contribution in [-0.2, 0) is 14.4 Å². The molecule has 4 rings (SSSR count). The Morgan fingerprint density at radius 1 is 1.11 bits per heavy atom. The van der Waals surface area contributed by atoms with E-state index in [0.717, 1.165) is 18.8 Å². The first-order chi connectivity index (χ1) is 12.9. The number of anilines is 1. The van der Waals surface area contributed by atoms with Gasteiger partial charge in [-0.05, 0) is 43.4 Å². The van der Waals surface area contributed by atoms with E-state index in [2.05, 4.69) is 42.7 Å². The Labute approximate surface area is 160 Å². The fraction of sp³-hybridized carbons (Fsp3) is 0.500. The Kier molecular flexibility index (Phi) is 4.41. The zero-order valence-corrected chi connectivity index (χ0v) is 15.9. The Bertz CT molecular complexity index is 805. The number of carbonyl (C=O) groups is 3. The van der Waals surface area contributed by atoms with Gasteiger partial charge in [-0.15, -0.1) is 0 Å². The summed E-state index contributed by atoms with van der Waals surface area (Å²) in [5.74, 6) is -0.363. The van der Waals surface area contributed by atoms with Gasteiger partial charge in [-0.3, -0.25) is 14.4 Å². The van der Waals surface area contributed by atoms with Crippen molar-refractivity contribution in [2.24, 2.45) is 11.3 Å². The highest BCUT2D eigenvalue weighted by Crippen LogP contribution is 2.51. The molecular formula is C22H26N2O3. The highest BCUT2D eigenvalue weighted by Gasteiger charge is 2.60. The normalized spacial score (nSPS) is 28.5. The molecule has 142 valence electrons. The molecule has 2 atom stereocenters. The van der Waals surface area contributed by atoms with Gasteiger partial charge in [-0.25, -0.2) is 0 Å². The van der Waals surface area contributed by atoms with Crippen molar-refractivity contribution < 1.29 is 14.4 Å². The van der Waals surface area contributed by atoms with Gasteiger partial charge in [-0.2, -0.15) is 0 Å². The van der Waals surface area contributed by atoms with Crippen molar-refractivity contribution in [2.45, 2.75) is 32.6 Å². The molecule has 1 heterocycles. The second kappa shape index (κ2) is 6.63. The van der Waals surface area contributed by atoms with Gasteiger partial charge in [0.2, 0.25) is 5.91 Å². The third-order valence-electron chi connectivity index (χ3n) is 6.51. The number of rotatable bonds is 2. The third kappa shape index (κ3) is 2.89. The first-order valence-corrected chi connectivity index (χ1v) is 9.77. The molecule has 0 radical (unpaired) electrons. The molecule has 3 fully saturated rings. The predicted molar refractivity (Wildman–Crippen MR) is 104 cm³/mol. The van der Waals surface area contributed by atoms with E-state index in [1.165, 1.54) is 5.56 Å². The molecule has 1 saturated heterocycles. The Morgan fingerprint density at radius 2 is 1.78 bits per heavy atom. The van der Waals surface area contributed by atoms with E-state index in [9.17, 15) is 14.4 Å². The van der Waals surface area contributed by atoms with Crippen LogP contribution >= 0.6 is 0 Å². The lowest BCUT2D eigenvalue weighted by molar-refractivity contribution is -0.155. The SMILES string of the molecule is C=C1CC2CCC(=O)CC2(C(=O)N2CCN(c3ccc(C)cc3)CC2)C1=O. The van der Waals surface area contributed by atoms with Crippen molar-refractivity contribution in [3.05, 3.63) is 42.0 Å². The van der Waals surface area contributed by atoms with Crippen LogP contribution in [0.5, 0.6) is 0 Å². The van der Waals surface area contributed by atoms with E-state index in [4.69, 9.17) is 0 Å². The molecule has 1 aromatic rings.